The molecule has 5 atom stereocenters. The van der Waals surface area contributed by atoms with Gasteiger partial charge in [0, 0.05) is 24.2 Å². The molecule has 12 heteroatoms. The van der Waals surface area contributed by atoms with Crippen molar-refractivity contribution in [1.29, 1.82) is 0 Å². The number of nitrogens with zero attached hydrogens (tertiary/aromatic N) is 1. The minimum absolute atomic E-state index is 0. The van der Waals surface area contributed by atoms with Crippen LogP contribution in [0.2, 0.25) is 0 Å². The van der Waals surface area contributed by atoms with E-state index in [-0.39, 0.29) is 69.3 Å². The van der Waals surface area contributed by atoms with Gasteiger partial charge in [-0.3, -0.25) is 4.28 Å². The third-order valence-corrected chi connectivity index (χ3v) is 5.57. The Labute approximate surface area is 204 Å². The fourth-order valence-corrected chi connectivity index (χ4v) is 4.26. The maximum absolute atomic E-state index is 10.7. The maximum Gasteiger partial charge on any atom is 1.00 e. The maximum atomic E-state index is 10.7. The van der Waals surface area contributed by atoms with Gasteiger partial charge in [0.2, 0.25) is 0 Å². The SMILES string of the molecule is O=S(=O)([O-])O/N=C(/Cc1ccccc1)SC1CC(CO)[C@H](O)[C@H](O)[C@H]1O.[K+]. The second-order valence-corrected chi connectivity index (χ2v) is 8.21. The number of benzene rings is 1. The third kappa shape index (κ3) is 7.99. The topological polar surface area (TPSA) is 160 Å². The number of thioether (sulfide) groups is 1. The Morgan fingerprint density at radius 2 is 1.81 bits per heavy atom. The molecule has 1 saturated carbocycles. The van der Waals surface area contributed by atoms with Gasteiger partial charge in [-0.15, -0.1) is 11.8 Å². The van der Waals surface area contributed by atoms with Gasteiger partial charge in [0.05, 0.1) is 12.2 Å². The van der Waals surface area contributed by atoms with E-state index < -0.39 is 46.5 Å². The Bertz CT molecular complexity index is 716. The molecular formula is C15H20KNO8S2. The first-order valence-corrected chi connectivity index (χ1v) is 9.99. The van der Waals surface area contributed by atoms with E-state index in [9.17, 15) is 33.4 Å². The Kier molecular flexibility index (Phi) is 10.9. The zero-order chi connectivity index (χ0) is 19.3. The van der Waals surface area contributed by atoms with Crippen LogP contribution in [-0.2, 0) is 21.1 Å². The van der Waals surface area contributed by atoms with Crippen LogP contribution in [0.1, 0.15) is 12.0 Å². The summed E-state index contributed by atoms with van der Waals surface area (Å²) < 4.78 is 36.0. The van der Waals surface area contributed by atoms with Crippen LogP contribution >= 0.6 is 11.8 Å². The molecule has 0 heterocycles. The molecule has 0 amide bonds. The van der Waals surface area contributed by atoms with E-state index >= 15 is 0 Å². The summed E-state index contributed by atoms with van der Waals surface area (Å²) in [7, 11) is -5.04. The number of oxime groups is 1. The third-order valence-electron chi connectivity index (χ3n) is 4.05. The predicted octanol–water partition coefficient (Wildman–Crippen LogP) is -3.78. The van der Waals surface area contributed by atoms with Gasteiger partial charge < -0.3 is 25.0 Å². The molecule has 1 aromatic rings. The summed E-state index contributed by atoms with van der Waals surface area (Å²) in [6.45, 7) is -0.390. The number of hydrogen-bond acceptors (Lipinski definition) is 10. The van der Waals surface area contributed by atoms with Crippen LogP contribution in [0.25, 0.3) is 0 Å². The molecule has 0 saturated heterocycles. The number of hydrogen-bond donors (Lipinski definition) is 4. The van der Waals surface area contributed by atoms with Gasteiger partial charge in [0.15, 0.2) is 0 Å². The van der Waals surface area contributed by atoms with Crippen molar-refractivity contribution in [2.45, 2.75) is 36.4 Å². The van der Waals surface area contributed by atoms with Crippen LogP contribution in [-0.4, -0.2) is 68.6 Å². The van der Waals surface area contributed by atoms with Gasteiger partial charge in [-0.05, 0) is 12.0 Å². The van der Waals surface area contributed by atoms with Crippen molar-refractivity contribution in [1.82, 2.24) is 0 Å². The van der Waals surface area contributed by atoms with Crippen molar-refractivity contribution < 1.29 is 89.1 Å². The summed E-state index contributed by atoms with van der Waals surface area (Å²) in [5.74, 6) is -0.659. The van der Waals surface area contributed by atoms with Gasteiger partial charge in [-0.2, -0.15) is 8.42 Å². The van der Waals surface area contributed by atoms with Crippen molar-refractivity contribution >= 4 is 27.2 Å². The summed E-state index contributed by atoms with van der Waals surface area (Å²) in [6.07, 6.45) is -3.80. The van der Waals surface area contributed by atoms with E-state index in [1.165, 1.54) is 0 Å². The predicted molar refractivity (Wildman–Crippen MR) is 93.0 cm³/mol. The minimum atomic E-state index is -5.04. The molecule has 27 heavy (non-hydrogen) atoms. The molecule has 1 aliphatic rings. The van der Waals surface area contributed by atoms with Crippen LogP contribution in [0.3, 0.4) is 0 Å². The number of aliphatic hydroxyl groups is 4. The van der Waals surface area contributed by atoms with E-state index in [0.29, 0.717) is 0 Å². The standard InChI is InChI=1S/C15H21NO8S2.K/c17-8-10-7-11(14(19)15(20)13(10)18)25-12(16-24-26(21,22)23)6-9-4-2-1-3-5-9;/h1-5,10-11,13-15,17-20H,6-8H2,(H,21,22,23);/q;+1/p-1/b16-12-;/t10?,11?,13-,14-,15-;/m0./s1. The molecule has 0 spiro atoms. The van der Waals surface area contributed by atoms with E-state index in [1.807, 2.05) is 0 Å². The second-order valence-electron chi connectivity index (χ2n) is 5.94. The van der Waals surface area contributed by atoms with Crippen molar-refractivity contribution in [2.24, 2.45) is 11.1 Å². The summed E-state index contributed by atoms with van der Waals surface area (Å²) in [4.78, 5) is 0. The molecule has 1 aliphatic carbocycles. The molecule has 0 bridgehead atoms. The van der Waals surface area contributed by atoms with Crippen LogP contribution in [0.4, 0.5) is 0 Å². The van der Waals surface area contributed by atoms with Gasteiger partial charge >= 0.3 is 51.4 Å². The van der Waals surface area contributed by atoms with E-state index in [4.69, 9.17) is 0 Å². The molecule has 2 unspecified atom stereocenters. The fraction of sp³-hybridized carbons (Fsp3) is 0.533. The molecule has 9 nitrogen and oxygen atoms in total. The van der Waals surface area contributed by atoms with Crippen LogP contribution < -0.4 is 51.4 Å². The molecule has 0 aliphatic heterocycles. The van der Waals surface area contributed by atoms with E-state index in [1.54, 1.807) is 30.3 Å². The van der Waals surface area contributed by atoms with Crippen molar-refractivity contribution in [3.05, 3.63) is 35.9 Å². The van der Waals surface area contributed by atoms with E-state index in [0.717, 1.165) is 17.3 Å². The van der Waals surface area contributed by atoms with E-state index in [2.05, 4.69) is 9.44 Å². The molecule has 146 valence electrons. The van der Waals surface area contributed by atoms with Crippen LogP contribution in [0, 0.1) is 5.92 Å². The summed E-state index contributed by atoms with van der Waals surface area (Å²) in [5.41, 5.74) is 0.759. The first kappa shape index (κ1) is 25.5. The van der Waals surface area contributed by atoms with Crippen molar-refractivity contribution in [3.63, 3.8) is 0 Å². The molecule has 2 rings (SSSR count). The first-order valence-electron chi connectivity index (χ1n) is 7.78. The Morgan fingerprint density at radius 3 is 2.37 bits per heavy atom. The second kappa shape index (κ2) is 11.6. The van der Waals surface area contributed by atoms with Crippen LogP contribution in [0.15, 0.2) is 35.5 Å². The monoisotopic (exact) mass is 445 g/mol. The van der Waals surface area contributed by atoms with Crippen molar-refractivity contribution in [3.8, 4) is 0 Å². The smallest absolute Gasteiger partial charge is 0.714 e. The van der Waals surface area contributed by atoms with Gasteiger partial charge in [-0.25, -0.2) is 0 Å². The molecule has 1 aromatic carbocycles. The van der Waals surface area contributed by atoms with Gasteiger partial charge in [0.1, 0.15) is 11.1 Å². The molecule has 4 N–H and O–H groups in total. The Balaban J connectivity index is 0.00000364. The fourth-order valence-electron chi connectivity index (χ4n) is 2.71. The Hall–Kier alpha value is 0.426. The van der Waals surface area contributed by atoms with Crippen molar-refractivity contribution in [2.75, 3.05) is 6.61 Å². The van der Waals surface area contributed by atoms with Gasteiger partial charge in [0.25, 0.3) is 10.4 Å². The average Bonchev–Trinajstić information content (AvgIpc) is 2.60. The average molecular weight is 446 g/mol. The zero-order valence-corrected chi connectivity index (χ0v) is 19.3. The first-order chi connectivity index (χ1) is 12.2. The molecule has 0 aromatic heterocycles. The zero-order valence-electron chi connectivity index (χ0n) is 14.6. The Morgan fingerprint density at radius 1 is 1.19 bits per heavy atom. The molecule has 1 fully saturated rings. The largest absolute Gasteiger partial charge is 1.00 e. The summed E-state index contributed by atoms with van der Waals surface area (Å²) >= 11 is 0.924. The number of rotatable bonds is 6. The van der Waals surface area contributed by atoms with Crippen LogP contribution in [0.5, 0.6) is 0 Å². The normalized spacial score (nSPS) is 29.1. The quantitative estimate of drug-likeness (QED) is 0.0860. The molecular weight excluding hydrogens is 425 g/mol. The number of aliphatic hydroxyl groups excluding tert-OH is 4. The van der Waals surface area contributed by atoms with Gasteiger partial charge in [-0.1, -0.05) is 35.5 Å². The minimum Gasteiger partial charge on any atom is -0.714 e. The summed E-state index contributed by atoms with van der Waals surface area (Å²) in [5, 5.41) is 42.1. The molecule has 0 radical (unpaired) electrons. The summed E-state index contributed by atoms with van der Waals surface area (Å²) in [6, 6.07) is 8.84.